The molecule has 3 aliphatic rings. The zero-order valence-electron chi connectivity index (χ0n) is 27.3. The number of aliphatic hydroxyl groups excluding tert-OH is 1. The van der Waals surface area contributed by atoms with Gasteiger partial charge < -0.3 is 23.9 Å². The number of carbonyl (C=O) groups is 2. The van der Waals surface area contributed by atoms with E-state index in [2.05, 4.69) is 4.98 Å². The van der Waals surface area contributed by atoms with Gasteiger partial charge in [-0.1, -0.05) is 18.2 Å². The van der Waals surface area contributed by atoms with Crippen LogP contribution in [-0.2, 0) is 36.1 Å². The molecule has 0 amide bonds. The molecule has 0 unspecified atom stereocenters. The van der Waals surface area contributed by atoms with E-state index in [1.807, 2.05) is 28.7 Å². The van der Waals surface area contributed by atoms with Crippen molar-refractivity contribution in [3.63, 3.8) is 0 Å². The zero-order valence-corrected chi connectivity index (χ0v) is 29.5. The number of halogens is 1. The monoisotopic (exact) mass is 793 g/mol. The molecule has 2 aliphatic carbocycles. The number of ketones is 2. The van der Waals surface area contributed by atoms with E-state index in [0.717, 1.165) is 10.1 Å². The number of benzene rings is 2. The summed E-state index contributed by atoms with van der Waals surface area (Å²) in [7, 11) is 4.61. The van der Waals surface area contributed by atoms with Gasteiger partial charge in [0.05, 0.1) is 48.0 Å². The maximum Gasteiger partial charge on any atom is 0.347 e. The minimum Gasteiger partial charge on any atom is -0.493 e. The lowest BCUT2D eigenvalue weighted by Crippen LogP contribution is -2.40. The number of allylic oxidation sites excluding steroid dienone is 6. The number of ether oxygens (including phenoxy) is 3. The van der Waals surface area contributed by atoms with Gasteiger partial charge in [0.1, 0.15) is 18.1 Å². The molecule has 0 saturated carbocycles. The summed E-state index contributed by atoms with van der Waals surface area (Å²) >= 11 is 1.88. The lowest BCUT2D eigenvalue weighted by Gasteiger charge is -2.39. The van der Waals surface area contributed by atoms with Gasteiger partial charge in [-0.05, 0) is 45.9 Å². The second kappa shape index (κ2) is 13.0. The Morgan fingerprint density at radius 3 is 2.42 bits per heavy atom. The lowest BCUT2D eigenvalue weighted by molar-refractivity contribution is -0.115. The molecule has 0 radical (unpaired) electrons. The van der Waals surface area contributed by atoms with Crippen molar-refractivity contribution < 1.29 is 28.9 Å². The molecule has 1 aliphatic heterocycles. The Bertz CT molecular complexity index is 2380. The van der Waals surface area contributed by atoms with Crippen molar-refractivity contribution in [3.8, 4) is 17.2 Å². The molecular weight excluding hydrogens is 761 g/mol. The SMILES string of the molecule is COc1cc2nc(CCn3c(=O)n4n(c3=O)[C@@H]3CC5=C(C(=O)C(I)=CC5=O)[C@@H](c5ccc(OCCO)cc5)C3=CC4)c(=O)n(C)c2cc1OC. The van der Waals surface area contributed by atoms with Crippen molar-refractivity contribution in [2.45, 2.75) is 37.9 Å². The third-order valence-corrected chi connectivity index (χ3v) is 10.3. The van der Waals surface area contributed by atoms with Crippen LogP contribution in [0.5, 0.6) is 17.2 Å². The summed E-state index contributed by atoms with van der Waals surface area (Å²) in [6.07, 6.45) is 3.22. The quantitative estimate of drug-likeness (QED) is 0.151. The van der Waals surface area contributed by atoms with E-state index >= 15 is 0 Å². The number of aromatic nitrogens is 5. The van der Waals surface area contributed by atoms with Gasteiger partial charge in [-0.15, -0.1) is 0 Å². The predicted octanol–water partition coefficient (Wildman–Crippen LogP) is 2.13. The van der Waals surface area contributed by atoms with E-state index in [1.54, 1.807) is 43.4 Å². The standard InChI is InChI=1S/C35H32IN5O9/c1-38-26-17-29(49-3)28(48-2)16-24(26)37-23(33(38)45)9-10-39-34(46)40-11-8-20-25(41(40)35(39)47)14-21-27(43)15-22(36)32(44)31(21)30(20)18-4-6-19(7-5-18)50-13-12-42/h4-8,15-17,25,30,42H,9-14H2,1-3H3/t25-,30+/m1/s1. The molecular formula is C35H32IN5O9. The number of hydrogen-bond acceptors (Lipinski definition) is 10. The third-order valence-electron chi connectivity index (χ3n) is 9.47. The fourth-order valence-corrected chi connectivity index (χ4v) is 7.67. The fraction of sp³-hybridized carbons (Fsp3) is 0.314. The molecule has 2 aromatic heterocycles. The second-order valence-electron chi connectivity index (χ2n) is 12.1. The van der Waals surface area contributed by atoms with E-state index in [0.29, 0.717) is 48.6 Å². The number of aliphatic hydroxyl groups is 1. The second-order valence-corrected chi connectivity index (χ2v) is 13.3. The van der Waals surface area contributed by atoms with Crippen LogP contribution in [0.1, 0.15) is 29.6 Å². The Kier molecular flexibility index (Phi) is 8.71. The van der Waals surface area contributed by atoms with Crippen molar-refractivity contribution in [3.05, 3.63) is 111 Å². The topological polar surface area (TPSA) is 166 Å². The summed E-state index contributed by atoms with van der Waals surface area (Å²) in [5.41, 5.74) is 1.76. The molecule has 0 fully saturated rings. The summed E-state index contributed by atoms with van der Waals surface area (Å²) in [4.78, 5) is 72.7. The number of aryl methyl sites for hydroxylation is 2. The number of nitrogens with zero attached hydrogens (tertiary/aromatic N) is 5. The Labute approximate surface area is 297 Å². The van der Waals surface area contributed by atoms with Gasteiger partial charge in [0.15, 0.2) is 23.1 Å². The average molecular weight is 794 g/mol. The first-order valence-corrected chi connectivity index (χ1v) is 16.9. The maximum absolute atomic E-state index is 14.1. The summed E-state index contributed by atoms with van der Waals surface area (Å²) in [6, 6.07) is 9.66. The van der Waals surface area contributed by atoms with E-state index in [9.17, 15) is 24.0 Å². The van der Waals surface area contributed by atoms with E-state index in [-0.39, 0.29) is 62.0 Å². The van der Waals surface area contributed by atoms with Gasteiger partial charge in [-0.2, -0.15) is 0 Å². The normalized spacial score (nSPS) is 18.3. The highest BCUT2D eigenvalue weighted by atomic mass is 127. The molecule has 0 spiro atoms. The molecule has 7 rings (SSSR count). The summed E-state index contributed by atoms with van der Waals surface area (Å²) in [5.74, 6) is 0.199. The molecule has 2 atom stereocenters. The van der Waals surface area contributed by atoms with Crippen molar-refractivity contribution in [2.75, 3.05) is 27.4 Å². The minimum absolute atomic E-state index is 0.0000828. The molecule has 0 bridgehead atoms. The first-order valence-electron chi connectivity index (χ1n) is 15.8. The van der Waals surface area contributed by atoms with Gasteiger partial charge in [-0.3, -0.25) is 14.4 Å². The fourth-order valence-electron chi connectivity index (χ4n) is 7.10. The molecule has 14 nitrogen and oxygen atoms in total. The van der Waals surface area contributed by atoms with Gasteiger partial charge in [0.2, 0.25) is 0 Å². The maximum atomic E-state index is 14.1. The zero-order chi connectivity index (χ0) is 35.4. The molecule has 50 heavy (non-hydrogen) atoms. The van der Waals surface area contributed by atoms with Crippen LogP contribution in [0.2, 0.25) is 0 Å². The average Bonchev–Trinajstić information content (AvgIpc) is 3.37. The Morgan fingerprint density at radius 2 is 1.72 bits per heavy atom. The number of carbonyl (C=O) groups excluding carboxylic acids is 2. The molecule has 0 saturated heterocycles. The van der Waals surface area contributed by atoms with Crippen LogP contribution in [0.25, 0.3) is 11.0 Å². The van der Waals surface area contributed by atoms with Crippen molar-refractivity contribution in [2.24, 2.45) is 7.05 Å². The van der Waals surface area contributed by atoms with Crippen LogP contribution in [0.3, 0.4) is 0 Å². The van der Waals surface area contributed by atoms with Crippen molar-refractivity contribution >= 4 is 45.2 Å². The number of fused-ring (bicyclic) bond motifs is 4. The van der Waals surface area contributed by atoms with Crippen LogP contribution in [0, 0.1) is 0 Å². The highest BCUT2D eigenvalue weighted by molar-refractivity contribution is 14.1. The van der Waals surface area contributed by atoms with Crippen LogP contribution >= 0.6 is 22.6 Å². The first-order chi connectivity index (χ1) is 24.1. The molecule has 3 heterocycles. The van der Waals surface area contributed by atoms with Crippen LogP contribution in [0.15, 0.2) is 83.2 Å². The summed E-state index contributed by atoms with van der Waals surface area (Å²) < 4.78 is 21.8. The highest BCUT2D eigenvalue weighted by Crippen LogP contribution is 2.50. The third kappa shape index (κ3) is 5.35. The molecule has 2 aromatic carbocycles. The van der Waals surface area contributed by atoms with Crippen molar-refractivity contribution in [1.29, 1.82) is 0 Å². The number of Topliss-reactive ketones (excluding diaryl/α,β-unsaturated/α-hetero) is 1. The highest BCUT2D eigenvalue weighted by Gasteiger charge is 2.45. The smallest absolute Gasteiger partial charge is 0.347 e. The predicted molar refractivity (Wildman–Crippen MR) is 189 cm³/mol. The van der Waals surface area contributed by atoms with E-state index in [1.165, 1.54) is 34.2 Å². The van der Waals surface area contributed by atoms with Gasteiger partial charge in [-0.25, -0.2) is 28.5 Å². The van der Waals surface area contributed by atoms with Crippen molar-refractivity contribution in [1.82, 2.24) is 23.5 Å². The van der Waals surface area contributed by atoms with Crippen LogP contribution in [0.4, 0.5) is 0 Å². The first kappa shape index (κ1) is 33.5. The van der Waals surface area contributed by atoms with Crippen LogP contribution in [-0.4, -0.2) is 67.6 Å². The minimum atomic E-state index is -0.714. The van der Waals surface area contributed by atoms with E-state index < -0.39 is 23.3 Å². The van der Waals surface area contributed by atoms with Gasteiger partial charge >= 0.3 is 11.4 Å². The van der Waals surface area contributed by atoms with E-state index in [4.69, 9.17) is 19.3 Å². The molecule has 258 valence electrons. The number of rotatable bonds is 9. The lowest BCUT2D eigenvalue weighted by atomic mass is 9.69. The Balaban J connectivity index is 1.27. The molecule has 4 aromatic rings. The Hall–Kier alpha value is -5.03. The summed E-state index contributed by atoms with van der Waals surface area (Å²) in [6.45, 7) is -0.0731. The van der Waals surface area contributed by atoms with Crippen LogP contribution < -0.4 is 31.1 Å². The van der Waals surface area contributed by atoms with Gasteiger partial charge in [0, 0.05) is 61.7 Å². The molecule has 1 N–H and O–H groups in total. The Morgan fingerprint density at radius 1 is 1.00 bits per heavy atom. The molecule has 15 heteroatoms. The number of methoxy groups -OCH3 is 2. The van der Waals surface area contributed by atoms with Gasteiger partial charge in [0.25, 0.3) is 5.56 Å². The summed E-state index contributed by atoms with van der Waals surface area (Å²) in [5, 5.41) is 9.14. The number of hydrogen-bond donors (Lipinski definition) is 1. The largest absolute Gasteiger partial charge is 0.493 e.